The molecule has 0 saturated carbocycles. The maximum atomic E-state index is 12.2. The maximum absolute atomic E-state index is 12.2. The van der Waals surface area contributed by atoms with E-state index in [-0.39, 0.29) is 26.3 Å². The van der Waals surface area contributed by atoms with E-state index in [1.165, 1.54) is 44.5 Å². The number of sulfonamides is 1. The van der Waals surface area contributed by atoms with Crippen molar-refractivity contribution in [3.63, 3.8) is 0 Å². The zero-order valence-electron chi connectivity index (χ0n) is 12.7. The zero-order chi connectivity index (χ0) is 17.9. The monoisotopic (exact) mass is 389 g/mol. The Morgan fingerprint density at radius 2 is 1.79 bits per heavy atom. The number of hydrogen-bond acceptors (Lipinski definition) is 5. The van der Waals surface area contributed by atoms with Crippen molar-refractivity contribution in [1.29, 1.82) is 0 Å². The number of carbonyl (C=O) groups is 1. The van der Waals surface area contributed by atoms with Crippen LogP contribution in [0.5, 0.6) is 5.75 Å². The summed E-state index contributed by atoms with van der Waals surface area (Å²) in [6.07, 6.45) is 0. The van der Waals surface area contributed by atoms with Gasteiger partial charge in [-0.05, 0) is 30.3 Å². The van der Waals surface area contributed by atoms with Crippen LogP contribution in [-0.4, -0.2) is 33.0 Å². The van der Waals surface area contributed by atoms with E-state index < -0.39 is 16.0 Å². The predicted molar refractivity (Wildman–Crippen MR) is 89.8 cm³/mol. The number of esters is 1. The van der Waals surface area contributed by atoms with Gasteiger partial charge in [0, 0.05) is 7.05 Å². The summed E-state index contributed by atoms with van der Waals surface area (Å²) in [4.78, 5) is 16.8. The SMILES string of the molecule is CON(C)S(=O)(=O)c1cccc(C(=O)Oc2cccc(Cl)c2Cl)c1. The molecule has 0 aliphatic heterocycles. The summed E-state index contributed by atoms with van der Waals surface area (Å²) < 4.78 is 30.3. The van der Waals surface area contributed by atoms with E-state index >= 15 is 0 Å². The molecule has 9 heteroatoms. The molecule has 0 unspecified atom stereocenters. The highest BCUT2D eigenvalue weighted by molar-refractivity contribution is 7.89. The van der Waals surface area contributed by atoms with Crippen LogP contribution in [0.2, 0.25) is 10.0 Å². The quantitative estimate of drug-likeness (QED) is 0.445. The number of benzene rings is 2. The van der Waals surface area contributed by atoms with Gasteiger partial charge in [-0.1, -0.05) is 39.8 Å². The van der Waals surface area contributed by atoms with Crippen LogP contribution in [0.1, 0.15) is 10.4 Å². The predicted octanol–water partition coefficient (Wildman–Crippen LogP) is 3.39. The average Bonchev–Trinajstić information content (AvgIpc) is 2.58. The lowest BCUT2D eigenvalue weighted by molar-refractivity contribution is -0.0258. The first-order valence-electron chi connectivity index (χ1n) is 6.56. The molecule has 0 radical (unpaired) electrons. The molecular formula is C15H13Cl2NO5S. The van der Waals surface area contributed by atoms with Crippen LogP contribution in [-0.2, 0) is 14.9 Å². The molecule has 0 aromatic heterocycles. The minimum atomic E-state index is -3.88. The van der Waals surface area contributed by atoms with Crippen LogP contribution < -0.4 is 4.74 Å². The Morgan fingerprint density at radius 3 is 2.46 bits per heavy atom. The summed E-state index contributed by atoms with van der Waals surface area (Å²) >= 11 is 11.8. The van der Waals surface area contributed by atoms with E-state index in [0.717, 1.165) is 0 Å². The third-order valence-electron chi connectivity index (χ3n) is 3.08. The fourth-order valence-corrected chi connectivity index (χ4v) is 3.10. The molecule has 6 nitrogen and oxygen atoms in total. The summed E-state index contributed by atoms with van der Waals surface area (Å²) in [5.74, 6) is -0.687. The standard InChI is InChI=1S/C15H13Cl2NO5S/c1-18(22-2)24(20,21)11-6-3-5-10(9-11)15(19)23-13-8-4-7-12(16)14(13)17/h3-9H,1-2H3. The second kappa shape index (κ2) is 7.50. The molecule has 0 fully saturated rings. The second-order valence-corrected chi connectivity index (χ2v) is 7.29. The topological polar surface area (TPSA) is 72.9 Å². The molecule has 0 aliphatic carbocycles. The smallest absolute Gasteiger partial charge is 0.343 e. The molecular weight excluding hydrogens is 377 g/mol. The van der Waals surface area contributed by atoms with Crippen LogP contribution in [0.25, 0.3) is 0 Å². The molecule has 24 heavy (non-hydrogen) atoms. The van der Waals surface area contributed by atoms with E-state index in [1.54, 1.807) is 12.1 Å². The van der Waals surface area contributed by atoms with Crippen molar-refractivity contribution in [2.24, 2.45) is 0 Å². The highest BCUT2D eigenvalue weighted by Crippen LogP contribution is 2.32. The fraction of sp³-hybridized carbons (Fsp3) is 0.133. The Bertz CT molecular complexity index is 870. The minimum Gasteiger partial charge on any atom is -0.421 e. The van der Waals surface area contributed by atoms with E-state index in [9.17, 15) is 13.2 Å². The van der Waals surface area contributed by atoms with Crippen molar-refractivity contribution in [3.8, 4) is 5.75 Å². The molecule has 0 heterocycles. The molecule has 0 saturated heterocycles. The number of nitrogens with zero attached hydrogens (tertiary/aromatic N) is 1. The van der Waals surface area contributed by atoms with Crippen LogP contribution in [0.15, 0.2) is 47.4 Å². The third kappa shape index (κ3) is 3.88. The van der Waals surface area contributed by atoms with Gasteiger partial charge < -0.3 is 4.74 Å². The van der Waals surface area contributed by atoms with Gasteiger partial charge >= 0.3 is 5.97 Å². The normalized spacial score (nSPS) is 11.5. The number of halogens is 2. The van der Waals surface area contributed by atoms with Gasteiger partial charge in [0.1, 0.15) is 5.02 Å². The van der Waals surface area contributed by atoms with Crippen molar-refractivity contribution in [2.45, 2.75) is 4.90 Å². The fourth-order valence-electron chi connectivity index (χ4n) is 1.75. The average molecular weight is 390 g/mol. The Hall–Kier alpha value is -1.64. The lowest BCUT2D eigenvalue weighted by atomic mass is 10.2. The molecule has 0 amide bonds. The van der Waals surface area contributed by atoms with Crippen molar-refractivity contribution in [2.75, 3.05) is 14.2 Å². The van der Waals surface area contributed by atoms with Crippen LogP contribution in [0.3, 0.4) is 0 Å². The summed E-state index contributed by atoms with van der Waals surface area (Å²) in [5.41, 5.74) is 0.0385. The molecule has 2 aromatic rings. The van der Waals surface area contributed by atoms with E-state index in [1.807, 2.05) is 0 Å². The number of rotatable bonds is 5. The van der Waals surface area contributed by atoms with Gasteiger partial charge in [0.05, 0.1) is 22.6 Å². The molecule has 0 aliphatic rings. The lowest BCUT2D eigenvalue weighted by Gasteiger charge is -2.14. The summed E-state index contributed by atoms with van der Waals surface area (Å²) in [6, 6.07) is 9.98. The molecule has 128 valence electrons. The number of ether oxygens (including phenoxy) is 1. The van der Waals surface area contributed by atoms with Crippen LogP contribution >= 0.6 is 23.2 Å². The second-order valence-electron chi connectivity index (χ2n) is 4.57. The molecule has 0 bridgehead atoms. The van der Waals surface area contributed by atoms with Crippen LogP contribution in [0.4, 0.5) is 0 Å². The van der Waals surface area contributed by atoms with Crippen molar-refractivity contribution in [1.82, 2.24) is 4.47 Å². The van der Waals surface area contributed by atoms with Gasteiger partial charge in [-0.15, -0.1) is 0 Å². The first kappa shape index (κ1) is 18.7. The van der Waals surface area contributed by atoms with Gasteiger partial charge in [-0.25, -0.2) is 13.2 Å². The zero-order valence-corrected chi connectivity index (χ0v) is 15.0. The molecule has 0 atom stereocenters. The largest absolute Gasteiger partial charge is 0.421 e. The summed E-state index contributed by atoms with van der Waals surface area (Å²) in [5, 5.41) is 0.329. The van der Waals surface area contributed by atoms with E-state index in [4.69, 9.17) is 32.8 Å². The Kier molecular flexibility index (Phi) is 5.84. The third-order valence-corrected chi connectivity index (χ3v) is 5.56. The summed E-state index contributed by atoms with van der Waals surface area (Å²) in [7, 11) is -1.42. The van der Waals surface area contributed by atoms with Crippen molar-refractivity contribution >= 4 is 39.2 Å². The van der Waals surface area contributed by atoms with Crippen LogP contribution in [0, 0.1) is 0 Å². The van der Waals surface area contributed by atoms with Gasteiger partial charge in [-0.3, -0.25) is 4.84 Å². The van der Waals surface area contributed by atoms with E-state index in [0.29, 0.717) is 4.47 Å². The summed E-state index contributed by atoms with van der Waals surface area (Å²) in [6.45, 7) is 0. The molecule has 2 aromatic carbocycles. The number of hydroxylamine groups is 1. The minimum absolute atomic E-state index is 0.0385. The Morgan fingerprint density at radius 1 is 1.12 bits per heavy atom. The molecule has 0 N–H and O–H groups in total. The van der Waals surface area contributed by atoms with Gasteiger partial charge in [0.15, 0.2) is 5.75 Å². The highest BCUT2D eigenvalue weighted by atomic mass is 35.5. The first-order valence-corrected chi connectivity index (χ1v) is 8.76. The van der Waals surface area contributed by atoms with Crippen molar-refractivity contribution in [3.05, 3.63) is 58.1 Å². The van der Waals surface area contributed by atoms with Gasteiger partial charge in [-0.2, -0.15) is 0 Å². The number of carbonyl (C=O) groups excluding carboxylic acids is 1. The molecule has 0 spiro atoms. The Balaban J connectivity index is 2.32. The van der Waals surface area contributed by atoms with Gasteiger partial charge in [0.25, 0.3) is 10.0 Å². The maximum Gasteiger partial charge on any atom is 0.343 e. The van der Waals surface area contributed by atoms with Gasteiger partial charge in [0.2, 0.25) is 0 Å². The Labute approximate surface area is 149 Å². The highest BCUT2D eigenvalue weighted by Gasteiger charge is 2.22. The van der Waals surface area contributed by atoms with Crippen molar-refractivity contribution < 1.29 is 22.8 Å². The number of hydrogen-bond donors (Lipinski definition) is 0. The first-order chi connectivity index (χ1) is 11.3. The molecule has 2 rings (SSSR count). The van der Waals surface area contributed by atoms with E-state index in [2.05, 4.69) is 0 Å². The lowest BCUT2D eigenvalue weighted by Crippen LogP contribution is -2.26.